The molecule has 0 atom stereocenters. The first kappa shape index (κ1) is 11.5. The van der Waals surface area contributed by atoms with Crippen LogP contribution in [0.15, 0.2) is 21.5 Å². The number of hydrogen-bond donors (Lipinski definition) is 0. The van der Waals surface area contributed by atoms with E-state index >= 15 is 0 Å². The van der Waals surface area contributed by atoms with Crippen LogP contribution in [0.2, 0.25) is 0 Å². The topological polar surface area (TPSA) is 65.1 Å². The standard InChI is InChI=1S/C9H7BrN2O3/c1-2-3-4-11-6-7(10)5-8(9(11)13)12(14)15/h5-6H,4H2,1H3. The molecular formula is C9H7BrN2O3. The molecular weight excluding hydrogens is 264 g/mol. The van der Waals surface area contributed by atoms with E-state index in [9.17, 15) is 14.9 Å². The lowest BCUT2D eigenvalue weighted by Gasteiger charge is -2.01. The van der Waals surface area contributed by atoms with Gasteiger partial charge in [-0.1, -0.05) is 5.92 Å². The average molecular weight is 271 g/mol. The maximum Gasteiger partial charge on any atom is 0.335 e. The Labute approximate surface area is 94.0 Å². The van der Waals surface area contributed by atoms with Crippen molar-refractivity contribution < 1.29 is 4.92 Å². The summed E-state index contributed by atoms with van der Waals surface area (Å²) >= 11 is 3.10. The summed E-state index contributed by atoms with van der Waals surface area (Å²) in [6.45, 7) is 1.78. The Morgan fingerprint density at radius 1 is 1.67 bits per heavy atom. The van der Waals surface area contributed by atoms with Crippen LogP contribution in [0, 0.1) is 22.0 Å². The highest BCUT2D eigenvalue weighted by molar-refractivity contribution is 9.10. The highest BCUT2D eigenvalue weighted by Gasteiger charge is 2.15. The monoisotopic (exact) mass is 270 g/mol. The van der Waals surface area contributed by atoms with Crippen LogP contribution < -0.4 is 5.56 Å². The van der Waals surface area contributed by atoms with Crippen LogP contribution in [-0.2, 0) is 6.54 Å². The second kappa shape index (κ2) is 4.75. The van der Waals surface area contributed by atoms with Gasteiger partial charge in [-0.2, -0.15) is 0 Å². The zero-order valence-electron chi connectivity index (χ0n) is 7.86. The lowest BCUT2D eigenvalue weighted by molar-refractivity contribution is -0.386. The minimum absolute atomic E-state index is 0.148. The molecule has 15 heavy (non-hydrogen) atoms. The fourth-order valence-corrected chi connectivity index (χ4v) is 1.46. The Morgan fingerprint density at radius 3 is 2.87 bits per heavy atom. The molecule has 0 unspecified atom stereocenters. The molecule has 1 rings (SSSR count). The van der Waals surface area contributed by atoms with Crippen molar-refractivity contribution >= 4 is 21.6 Å². The van der Waals surface area contributed by atoms with Gasteiger partial charge >= 0.3 is 11.2 Å². The molecule has 0 aromatic carbocycles. The number of rotatable bonds is 2. The Bertz CT molecular complexity index is 510. The van der Waals surface area contributed by atoms with Gasteiger partial charge in [-0.15, -0.1) is 5.92 Å². The third kappa shape index (κ3) is 2.67. The Balaban J connectivity index is 3.32. The quantitative estimate of drug-likeness (QED) is 0.465. The smallest absolute Gasteiger partial charge is 0.297 e. The second-order valence-electron chi connectivity index (χ2n) is 2.66. The first-order chi connectivity index (χ1) is 7.06. The van der Waals surface area contributed by atoms with Gasteiger partial charge in [-0.3, -0.25) is 19.5 Å². The van der Waals surface area contributed by atoms with E-state index in [0.29, 0.717) is 4.47 Å². The van der Waals surface area contributed by atoms with Crippen LogP contribution >= 0.6 is 15.9 Å². The molecule has 0 amide bonds. The fraction of sp³-hybridized carbons (Fsp3) is 0.222. The van der Waals surface area contributed by atoms with Gasteiger partial charge in [0.25, 0.3) is 0 Å². The van der Waals surface area contributed by atoms with Crippen LogP contribution in [0.5, 0.6) is 0 Å². The molecule has 0 saturated carbocycles. The van der Waals surface area contributed by atoms with Crippen molar-refractivity contribution in [2.45, 2.75) is 13.5 Å². The molecule has 5 nitrogen and oxygen atoms in total. The van der Waals surface area contributed by atoms with Crippen molar-refractivity contribution in [3.05, 3.63) is 37.2 Å². The van der Waals surface area contributed by atoms with E-state index in [-0.39, 0.29) is 6.54 Å². The molecule has 0 radical (unpaired) electrons. The van der Waals surface area contributed by atoms with Crippen LogP contribution in [-0.4, -0.2) is 9.49 Å². The molecule has 0 aliphatic carbocycles. The maximum atomic E-state index is 11.5. The minimum atomic E-state index is -0.705. The van der Waals surface area contributed by atoms with Gasteiger partial charge in [-0.05, 0) is 22.9 Å². The summed E-state index contributed by atoms with van der Waals surface area (Å²) in [7, 11) is 0. The van der Waals surface area contributed by atoms with E-state index in [2.05, 4.69) is 27.8 Å². The predicted octanol–water partition coefficient (Wildman–Crippen LogP) is 1.54. The molecule has 1 heterocycles. The molecule has 0 spiro atoms. The van der Waals surface area contributed by atoms with Crippen LogP contribution in [0.3, 0.4) is 0 Å². The summed E-state index contributed by atoms with van der Waals surface area (Å²) in [4.78, 5) is 21.3. The number of nitro groups is 1. The first-order valence-corrected chi connectivity index (χ1v) is 4.79. The molecule has 0 fully saturated rings. The van der Waals surface area contributed by atoms with E-state index in [1.165, 1.54) is 16.8 Å². The number of hydrogen-bond acceptors (Lipinski definition) is 3. The highest BCUT2D eigenvalue weighted by atomic mass is 79.9. The zero-order chi connectivity index (χ0) is 11.4. The average Bonchev–Trinajstić information content (AvgIpc) is 2.18. The molecule has 1 aromatic rings. The minimum Gasteiger partial charge on any atom is -0.297 e. The van der Waals surface area contributed by atoms with Crippen molar-refractivity contribution in [3.63, 3.8) is 0 Å². The van der Waals surface area contributed by atoms with Gasteiger partial charge in [-0.25, -0.2) is 0 Å². The van der Waals surface area contributed by atoms with Crippen LogP contribution in [0.25, 0.3) is 0 Å². The number of aromatic nitrogens is 1. The molecule has 1 aromatic heterocycles. The summed E-state index contributed by atoms with van der Waals surface area (Å²) < 4.78 is 1.67. The third-order valence-corrected chi connectivity index (χ3v) is 2.09. The lowest BCUT2D eigenvalue weighted by atomic mass is 10.4. The van der Waals surface area contributed by atoms with E-state index < -0.39 is 16.2 Å². The summed E-state index contributed by atoms with van der Waals surface area (Å²) in [5.41, 5.74) is -1.10. The largest absolute Gasteiger partial charge is 0.335 e. The van der Waals surface area contributed by atoms with Gasteiger partial charge in [0.15, 0.2) is 0 Å². The highest BCUT2D eigenvalue weighted by Crippen LogP contribution is 2.13. The second-order valence-corrected chi connectivity index (χ2v) is 3.58. The Kier molecular flexibility index (Phi) is 3.63. The van der Waals surface area contributed by atoms with Gasteiger partial charge in [0.05, 0.1) is 11.5 Å². The Morgan fingerprint density at radius 2 is 2.33 bits per heavy atom. The zero-order valence-corrected chi connectivity index (χ0v) is 9.44. The molecule has 78 valence electrons. The van der Waals surface area contributed by atoms with Gasteiger partial charge in [0, 0.05) is 16.7 Å². The predicted molar refractivity (Wildman–Crippen MR) is 58.5 cm³/mol. The van der Waals surface area contributed by atoms with Crippen molar-refractivity contribution in [1.82, 2.24) is 4.57 Å². The first-order valence-electron chi connectivity index (χ1n) is 4.00. The number of pyridine rings is 1. The molecule has 0 bridgehead atoms. The summed E-state index contributed by atoms with van der Waals surface area (Å²) in [5.74, 6) is 5.28. The van der Waals surface area contributed by atoms with Crippen molar-refractivity contribution in [2.75, 3.05) is 0 Å². The van der Waals surface area contributed by atoms with Crippen molar-refractivity contribution in [3.8, 4) is 11.8 Å². The van der Waals surface area contributed by atoms with E-state index in [0.717, 1.165) is 0 Å². The normalized spacial score (nSPS) is 9.20. The van der Waals surface area contributed by atoms with Gasteiger partial charge in [0.2, 0.25) is 0 Å². The summed E-state index contributed by atoms with van der Waals surface area (Å²) in [5, 5.41) is 10.5. The molecule has 0 saturated heterocycles. The molecule has 0 aliphatic rings. The van der Waals surface area contributed by atoms with Gasteiger partial charge < -0.3 is 0 Å². The summed E-state index contributed by atoms with van der Waals surface area (Å²) in [6, 6.07) is 1.18. The van der Waals surface area contributed by atoms with E-state index in [4.69, 9.17) is 0 Å². The van der Waals surface area contributed by atoms with Crippen LogP contribution in [0.1, 0.15) is 6.92 Å². The van der Waals surface area contributed by atoms with E-state index in [1.54, 1.807) is 6.92 Å². The fourth-order valence-electron chi connectivity index (χ4n) is 0.997. The number of halogens is 1. The number of nitrogens with zero attached hydrogens (tertiary/aromatic N) is 2. The molecule has 0 aliphatic heterocycles. The third-order valence-electron chi connectivity index (χ3n) is 1.66. The molecule has 6 heteroatoms. The van der Waals surface area contributed by atoms with Crippen LogP contribution in [0.4, 0.5) is 5.69 Å². The van der Waals surface area contributed by atoms with E-state index in [1.807, 2.05) is 0 Å². The SMILES string of the molecule is CC#CCn1cc(Br)cc([N+](=O)[O-])c1=O. The molecule has 0 N–H and O–H groups in total. The lowest BCUT2D eigenvalue weighted by Crippen LogP contribution is -2.21. The Hall–Kier alpha value is -1.61. The maximum absolute atomic E-state index is 11.5. The summed E-state index contributed by atoms with van der Waals surface area (Å²) in [6.07, 6.45) is 1.47. The van der Waals surface area contributed by atoms with Crippen molar-refractivity contribution in [1.29, 1.82) is 0 Å². The van der Waals surface area contributed by atoms with Crippen molar-refractivity contribution in [2.24, 2.45) is 0 Å². The van der Waals surface area contributed by atoms with Gasteiger partial charge in [0.1, 0.15) is 0 Å².